The molecule has 0 spiro atoms. The van der Waals surface area contributed by atoms with Crippen molar-refractivity contribution >= 4 is 11.8 Å². The van der Waals surface area contributed by atoms with Crippen molar-refractivity contribution in [2.24, 2.45) is 11.8 Å². The van der Waals surface area contributed by atoms with Crippen LogP contribution in [-0.2, 0) is 16.7 Å². The average Bonchev–Trinajstić information content (AvgIpc) is 3.19. The minimum absolute atomic E-state index is 0.253. The van der Waals surface area contributed by atoms with Crippen molar-refractivity contribution in [3.63, 3.8) is 0 Å². The Labute approximate surface area is 151 Å². The van der Waals surface area contributed by atoms with E-state index in [0.717, 1.165) is 24.1 Å². The van der Waals surface area contributed by atoms with E-state index < -0.39 is 0 Å². The zero-order chi connectivity index (χ0) is 17.7. The summed E-state index contributed by atoms with van der Waals surface area (Å²) in [5, 5.41) is 17.4. The van der Waals surface area contributed by atoms with E-state index in [-0.39, 0.29) is 17.6 Å². The summed E-state index contributed by atoms with van der Waals surface area (Å²) >= 11 is 0. The van der Waals surface area contributed by atoms with E-state index in [1.54, 1.807) is 22.0 Å². The Morgan fingerprint density at radius 1 is 1.27 bits per heavy atom. The Balaban J connectivity index is 1.32. The molecule has 26 heavy (non-hydrogen) atoms. The highest BCUT2D eigenvalue weighted by Crippen LogP contribution is 2.67. The number of benzene rings is 1. The molecule has 2 saturated carbocycles. The van der Waals surface area contributed by atoms with Crippen LogP contribution in [0.1, 0.15) is 24.8 Å². The van der Waals surface area contributed by atoms with Gasteiger partial charge in [0, 0.05) is 11.9 Å². The lowest BCUT2D eigenvalue weighted by molar-refractivity contribution is 0.129. The molecular formula is C19H19N5O2. The Kier molecular flexibility index (Phi) is 3.29. The van der Waals surface area contributed by atoms with Crippen LogP contribution in [0.3, 0.4) is 0 Å². The van der Waals surface area contributed by atoms with Gasteiger partial charge in [-0.2, -0.15) is 5.26 Å². The molecule has 7 nitrogen and oxygen atoms in total. The largest absolute Gasteiger partial charge is 0.442 e. The molecule has 5 rings (SSSR count). The molecular weight excluding hydrogens is 330 g/mol. The standard InChI is InChI=1S/C19H19N5O2/c20-12-19(16-2-1-3-17(16)19)13-4-6-14(7-5-13)24-11-15(26-18(24)25)10-23-9-8-21-22-23/h4-9,15-17H,1-3,10-11H2/t15-,16?,17?,19?/m0/s1. The molecule has 2 aliphatic carbocycles. The third kappa shape index (κ3) is 2.15. The topological polar surface area (TPSA) is 84.0 Å². The zero-order valence-corrected chi connectivity index (χ0v) is 14.3. The minimum Gasteiger partial charge on any atom is -0.442 e. The first-order valence-electron chi connectivity index (χ1n) is 9.06. The van der Waals surface area contributed by atoms with E-state index in [4.69, 9.17) is 4.74 Å². The predicted molar refractivity (Wildman–Crippen MR) is 92.2 cm³/mol. The average molecular weight is 349 g/mol. The molecule has 0 radical (unpaired) electrons. The number of anilines is 1. The number of rotatable bonds is 4. The number of nitrogens with zero attached hydrogens (tertiary/aromatic N) is 5. The molecule has 1 aromatic carbocycles. The highest BCUT2D eigenvalue weighted by Gasteiger charge is 2.67. The quantitative estimate of drug-likeness (QED) is 0.847. The summed E-state index contributed by atoms with van der Waals surface area (Å²) in [6.45, 7) is 0.966. The van der Waals surface area contributed by atoms with Crippen LogP contribution in [0.2, 0.25) is 0 Å². The molecule has 7 heteroatoms. The van der Waals surface area contributed by atoms with Gasteiger partial charge in [-0.05, 0) is 42.4 Å². The molecule has 1 saturated heterocycles. The number of carbonyl (C=O) groups excluding carboxylic acids is 1. The maximum Gasteiger partial charge on any atom is 0.414 e. The second-order valence-electron chi connectivity index (χ2n) is 7.41. The third-order valence-corrected chi connectivity index (χ3v) is 6.15. The van der Waals surface area contributed by atoms with Crippen LogP contribution in [0.4, 0.5) is 10.5 Å². The Hall–Kier alpha value is -2.88. The van der Waals surface area contributed by atoms with E-state index in [1.165, 1.54) is 6.42 Å². The fraction of sp³-hybridized carbons (Fsp3) is 0.474. The summed E-state index contributed by atoms with van der Waals surface area (Å²) in [5.41, 5.74) is 1.60. The molecule has 0 bridgehead atoms. The Bertz CT molecular complexity index is 860. The lowest BCUT2D eigenvalue weighted by Gasteiger charge is -2.16. The highest BCUT2D eigenvalue weighted by molar-refractivity contribution is 5.89. The van der Waals surface area contributed by atoms with Crippen molar-refractivity contribution in [2.75, 3.05) is 11.4 Å². The summed E-state index contributed by atoms with van der Waals surface area (Å²) in [7, 11) is 0. The van der Waals surface area contributed by atoms with Gasteiger partial charge in [-0.1, -0.05) is 23.8 Å². The van der Waals surface area contributed by atoms with Crippen molar-refractivity contribution in [2.45, 2.75) is 37.3 Å². The summed E-state index contributed by atoms with van der Waals surface area (Å²) < 4.78 is 7.10. The predicted octanol–water partition coefficient (Wildman–Crippen LogP) is 2.49. The molecule has 132 valence electrons. The lowest BCUT2D eigenvalue weighted by atomic mass is 9.89. The molecule has 3 aliphatic rings. The van der Waals surface area contributed by atoms with Crippen molar-refractivity contribution in [3.8, 4) is 6.07 Å². The monoisotopic (exact) mass is 349 g/mol. The van der Waals surface area contributed by atoms with E-state index >= 15 is 0 Å². The number of hydrogen-bond donors (Lipinski definition) is 0. The first-order chi connectivity index (χ1) is 12.7. The molecule has 2 unspecified atom stereocenters. The maximum atomic E-state index is 12.2. The van der Waals surface area contributed by atoms with Gasteiger partial charge in [0.25, 0.3) is 0 Å². The van der Waals surface area contributed by atoms with Gasteiger partial charge in [0.1, 0.15) is 6.10 Å². The van der Waals surface area contributed by atoms with E-state index in [2.05, 4.69) is 16.4 Å². The van der Waals surface area contributed by atoms with Crippen LogP contribution >= 0.6 is 0 Å². The molecule has 2 heterocycles. The van der Waals surface area contributed by atoms with E-state index in [0.29, 0.717) is 24.9 Å². The Morgan fingerprint density at radius 2 is 2.04 bits per heavy atom. The SMILES string of the molecule is N#CC1(c2ccc(N3C[C@H](Cn4ccnn4)OC3=O)cc2)C2CCCC21. The molecule has 0 N–H and O–H groups in total. The molecule has 1 amide bonds. The molecule has 1 aliphatic heterocycles. The fourth-order valence-electron chi connectivity index (χ4n) is 4.90. The summed E-state index contributed by atoms with van der Waals surface area (Å²) in [4.78, 5) is 13.9. The number of hydrogen-bond acceptors (Lipinski definition) is 5. The minimum atomic E-state index is -0.346. The molecule has 2 aromatic rings. The number of cyclic esters (lactones) is 1. The number of aromatic nitrogens is 3. The number of fused-ring (bicyclic) bond motifs is 1. The third-order valence-electron chi connectivity index (χ3n) is 6.15. The van der Waals surface area contributed by atoms with Crippen molar-refractivity contribution in [1.82, 2.24) is 15.0 Å². The van der Waals surface area contributed by atoms with Crippen LogP contribution in [0, 0.1) is 23.2 Å². The lowest BCUT2D eigenvalue weighted by Crippen LogP contribution is -2.26. The van der Waals surface area contributed by atoms with Gasteiger partial charge in [0.15, 0.2) is 0 Å². The molecule has 3 atom stereocenters. The highest BCUT2D eigenvalue weighted by atomic mass is 16.6. The van der Waals surface area contributed by atoms with Gasteiger partial charge in [-0.25, -0.2) is 9.48 Å². The van der Waals surface area contributed by atoms with Gasteiger partial charge in [-0.15, -0.1) is 5.10 Å². The number of nitriles is 1. The summed E-state index contributed by atoms with van der Waals surface area (Å²) in [6, 6.07) is 10.5. The van der Waals surface area contributed by atoms with Crippen LogP contribution in [0.5, 0.6) is 0 Å². The van der Waals surface area contributed by atoms with Gasteiger partial charge in [-0.3, -0.25) is 4.90 Å². The second kappa shape index (κ2) is 5.56. The van der Waals surface area contributed by atoms with E-state index in [9.17, 15) is 10.1 Å². The van der Waals surface area contributed by atoms with Gasteiger partial charge in [0.2, 0.25) is 0 Å². The number of ether oxygens (including phenoxy) is 1. The van der Waals surface area contributed by atoms with Crippen molar-refractivity contribution < 1.29 is 9.53 Å². The first kappa shape index (κ1) is 15.4. The van der Waals surface area contributed by atoms with Crippen molar-refractivity contribution in [1.29, 1.82) is 5.26 Å². The zero-order valence-electron chi connectivity index (χ0n) is 14.3. The summed E-state index contributed by atoms with van der Waals surface area (Å²) in [6.07, 6.45) is 6.30. The van der Waals surface area contributed by atoms with Crippen LogP contribution < -0.4 is 4.90 Å². The van der Waals surface area contributed by atoms with Crippen LogP contribution in [0.15, 0.2) is 36.7 Å². The van der Waals surface area contributed by atoms with Gasteiger partial charge in [0.05, 0.1) is 30.8 Å². The van der Waals surface area contributed by atoms with Crippen LogP contribution in [0.25, 0.3) is 0 Å². The molecule has 3 fully saturated rings. The van der Waals surface area contributed by atoms with E-state index in [1.807, 2.05) is 24.3 Å². The Morgan fingerprint density at radius 3 is 2.69 bits per heavy atom. The first-order valence-corrected chi connectivity index (χ1v) is 9.06. The normalized spacial score (nSPS) is 32.2. The maximum absolute atomic E-state index is 12.2. The van der Waals surface area contributed by atoms with Crippen LogP contribution in [-0.4, -0.2) is 33.7 Å². The second-order valence-corrected chi connectivity index (χ2v) is 7.41. The van der Waals surface area contributed by atoms with Crippen molar-refractivity contribution in [3.05, 3.63) is 42.2 Å². The summed E-state index contributed by atoms with van der Waals surface area (Å²) in [5.74, 6) is 1.03. The smallest absolute Gasteiger partial charge is 0.414 e. The number of amides is 1. The fourth-order valence-corrected chi connectivity index (χ4v) is 4.90. The molecule has 1 aromatic heterocycles. The van der Waals surface area contributed by atoms with Gasteiger partial charge < -0.3 is 4.74 Å². The van der Waals surface area contributed by atoms with Gasteiger partial charge >= 0.3 is 6.09 Å². The number of carbonyl (C=O) groups is 1.